The summed E-state index contributed by atoms with van der Waals surface area (Å²) < 4.78 is 5.71. The molecule has 2 heterocycles. The Morgan fingerprint density at radius 3 is 2.69 bits per heavy atom. The molecule has 1 saturated heterocycles. The maximum absolute atomic E-state index is 5.71. The van der Waals surface area contributed by atoms with Crippen molar-refractivity contribution < 1.29 is 4.74 Å². The molecule has 2 aromatic rings. The van der Waals surface area contributed by atoms with Crippen LogP contribution in [0.15, 0.2) is 47.1 Å². The monoisotopic (exact) mass is 394 g/mol. The number of nitrogens with one attached hydrogen (secondary N) is 1. The topological polar surface area (TPSA) is 43.9 Å². The number of benzene rings is 1. The summed E-state index contributed by atoms with van der Waals surface area (Å²) in [6.07, 6.45) is 9.52. The van der Waals surface area contributed by atoms with Crippen molar-refractivity contribution in [2.45, 2.75) is 33.7 Å². The number of hydrogen-bond donors (Lipinski definition) is 1. The molecule has 1 aliphatic heterocycles. The Balaban J connectivity index is 1.67. The molecule has 5 heteroatoms. The van der Waals surface area contributed by atoms with E-state index in [0.717, 1.165) is 50.7 Å². The molecule has 0 amide bonds. The van der Waals surface area contributed by atoms with Crippen LogP contribution in [0.5, 0.6) is 5.75 Å². The summed E-state index contributed by atoms with van der Waals surface area (Å²) in [5.74, 6) is 2.04. The van der Waals surface area contributed by atoms with Crippen molar-refractivity contribution in [2.75, 3.05) is 40.3 Å². The first-order chi connectivity index (χ1) is 14.1. The molecule has 0 atom stereocenters. The van der Waals surface area contributed by atoms with Crippen LogP contribution in [0.3, 0.4) is 0 Å². The molecule has 1 fully saturated rings. The number of methoxy groups -OCH3 is 1. The predicted molar refractivity (Wildman–Crippen MR) is 123 cm³/mol. The summed E-state index contributed by atoms with van der Waals surface area (Å²) in [6, 6.07) is 4.30. The summed E-state index contributed by atoms with van der Waals surface area (Å²) in [5.41, 5.74) is 5.08. The van der Waals surface area contributed by atoms with Crippen LogP contribution in [0.1, 0.15) is 31.4 Å². The van der Waals surface area contributed by atoms with E-state index in [2.05, 4.69) is 70.9 Å². The molecule has 0 saturated carbocycles. The van der Waals surface area contributed by atoms with E-state index in [-0.39, 0.29) is 0 Å². The second-order valence-corrected chi connectivity index (χ2v) is 7.71. The number of aryl methyl sites for hydroxylation is 1. The van der Waals surface area contributed by atoms with Gasteiger partial charge in [-0.15, -0.1) is 0 Å². The quantitative estimate of drug-likeness (QED) is 0.444. The number of rotatable bonds is 6. The Bertz CT molecular complexity index is 914. The van der Waals surface area contributed by atoms with E-state index in [1.807, 2.05) is 13.2 Å². The normalized spacial score (nSPS) is 16.9. The molecular weight excluding hydrogens is 360 g/mol. The highest BCUT2D eigenvalue weighted by atomic mass is 16.5. The highest BCUT2D eigenvalue weighted by Crippen LogP contribution is 2.31. The molecule has 0 bridgehead atoms. The number of piperazine rings is 1. The van der Waals surface area contributed by atoms with Crippen molar-refractivity contribution in [1.82, 2.24) is 14.8 Å². The highest BCUT2D eigenvalue weighted by molar-refractivity contribution is 5.93. The standard InChI is InChI=1S/C24H34N4O/c1-6-18(2)8-7-9-23(25-4)28-14-12-27(13-15-28)17-21-20-10-11-26-24(20)19(3)16-22(21)29-5/h7-11,16,26H,6,12-15,17H2,1-5H3/b9-7-,18-8+,25-23+. The molecule has 29 heavy (non-hydrogen) atoms. The first kappa shape index (κ1) is 21.2. The zero-order valence-corrected chi connectivity index (χ0v) is 18.5. The first-order valence-corrected chi connectivity index (χ1v) is 10.5. The van der Waals surface area contributed by atoms with Crippen LogP contribution < -0.4 is 4.74 Å². The fraction of sp³-hybridized carbons (Fsp3) is 0.458. The van der Waals surface area contributed by atoms with E-state index >= 15 is 0 Å². The number of aromatic nitrogens is 1. The van der Waals surface area contributed by atoms with Crippen LogP contribution >= 0.6 is 0 Å². The number of hydrogen-bond acceptors (Lipinski definition) is 3. The van der Waals surface area contributed by atoms with E-state index in [1.165, 1.54) is 27.6 Å². The minimum absolute atomic E-state index is 0.901. The smallest absolute Gasteiger partial charge is 0.124 e. The third kappa shape index (κ3) is 4.91. The van der Waals surface area contributed by atoms with E-state index in [1.54, 1.807) is 7.11 Å². The molecular formula is C24H34N4O. The fourth-order valence-corrected chi connectivity index (χ4v) is 3.88. The molecule has 0 unspecified atom stereocenters. The Morgan fingerprint density at radius 1 is 1.28 bits per heavy atom. The van der Waals surface area contributed by atoms with Gasteiger partial charge in [0.25, 0.3) is 0 Å². The summed E-state index contributed by atoms with van der Waals surface area (Å²) >= 11 is 0. The zero-order chi connectivity index (χ0) is 20.8. The number of aliphatic imine (C=N–C) groups is 1. The van der Waals surface area contributed by atoms with Gasteiger partial charge in [0.15, 0.2) is 0 Å². The minimum atomic E-state index is 0.901. The Hall–Kier alpha value is -2.53. The number of allylic oxidation sites excluding steroid dienone is 3. The molecule has 0 spiro atoms. The lowest BCUT2D eigenvalue weighted by atomic mass is 10.0. The number of nitrogens with zero attached hydrogens (tertiary/aromatic N) is 3. The van der Waals surface area contributed by atoms with Gasteiger partial charge in [0.1, 0.15) is 11.6 Å². The second-order valence-electron chi connectivity index (χ2n) is 7.71. The van der Waals surface area contributed by atoms with Crippen molar-refractivity contribution in [1.29, 1.82) is 0 Å². The summed E-state index contributed by atoms with van der Waals surface area (Å²) in [7, 11) is 3.64. The number of H-pyrrole nitrogens is 1. The maximum atomic E-state index is 5.71. The van der Waals surface area contributed by atoms with Crippen molar-refractivity contribution in [3.8, 4) is 5.75 Å². The van der Waals surface area contributed by atoms with Gasteiger partial charge in [-0.05, 0) is 44.0 Å². The van der Waals surface area contributed by atoms with Crippen LogP contribution in [0.2, 0.25) is 0 Å². The Kier molecular flexibility index (Phi) is 7.15. The van der Waals surface area contributed by atoms with Crippen LogP contribution in [0.25, 0.3) is 10.9 Å². The molecule has 1 aromatic heterocycles. The molecule has 0 radical (unpaired) electrons. The third-order valence-corrected chi connectivity index (χ3v) is 5.82. The van der Waals surface area contributed by atoms with Crippen molar-refractivity contribution >= 4 is 16.7 Å². The number of ether oxygens (including phenoxy) is 1. The average Bonchev–Trinajstić information content (AvgIpc) is 3.24. The lowest BCUT2D eigenvalue weighted by Gasteiger charge is -2.36. The number of fused-ring (bicyclic) bond motifs is 1. The van der Waals surface area contributed by atoms with Gasteiger partial charge >= 0.3 is 0 Å². The van der Waals surface area contributed by atoms with Gasteiger partial charge in [-0.25, -0.2) is 0 Å². The van der Waals surface area contributed by atoms with Gasteiger partial charge in [0.05, 0.1) is 7.11 Å². The van der Waals surface area contributed by atoms with Gasteiger partial charge in [-0.2, -0.15) is 0 Å². The molecule has 1 aliphatic rings. The largest absolute Gasteiger partial charge is 0.496 e. The van der Waals surface area contributed by atoms with Crippen LogP contribution in [0.4, 0.5) is 0 Å². The second kappa shape index (κ2) is 9.79. The molecule has 1 aromatic carbocycles. The van der Waals surface area contributed by atoms with E-state index in [9.17, 15) is 0 Å². The molecule has 3 rings (SSSR count). The Labute approximate surface area is 174 Å². The third-order valence-electron chi connectivity index (χ3n) is 5.82. The number of amidine groups is 1. The van der Waals surface area contributed by atoms with Crippen LogP contribution in [-0.2, 0) is 6.54 Å². The van der Waals surface area contributed by atoms with Crippen molar-refractivity contribution in [2.24, 2.45) is 4.99 Å². The number of aromatic amines is 1. The van der Waals surface area contributed by atoms with E-state index in [0.29, 0.717) is 0 Å². The van der Waals surface area contributed by atoms with Gasteiger partial charge in [0, 0.05) is 62.4 Å². The maximum Gasteiger partial charge on any atom is 0.124 e. The SMILES string of the molecule is CC/C(C)=C/C=C\C(=N/C)N1CCN(Cc2c(OC)cc(C)c3[nH]ccc23)CC1. The average molecular weight is 395 g/mol. The van der Waals surface area contributed by atoms with Gasteiger partial charge in [0.2, 0.25) is 0 Å². The summed E-state index contributed by atoms with van der Waals surface area (Å²) in [4.78, 5) is 12.7. The molecule has 1 N–H and O–H groups in total. The van der Waals surface area contributed by atoms with Gasteiger partial charge < -0.3 is 14.6 Å². The first-order valence-electron chi connectivity index (χ1n) is 10.5. The highest BCUT2D eigenvalue weighted by Gasteiger charge is 2.21. The predicted octanol–water partition coefficient (Wildman–Crippen LogP) is 4.54. The zero-order valence-electron chi connectivity index (χ0n) is 18.5. The molecule has 5 nitrogen and oxygen atoms in total. The van der Waals surface area contributed by atoms with Crippen LogP contribution in [-0.4, -0.2) is 61.0 Å². The van der Waals surface area contributed by atoms with E-state index in [4.69, 9.17) is 4.74 Å². The minimum Gasteiger partial charge on any atom is -0.496 e. The van der Waals surface area contributed by atoms with Crippen molar-refractivity contribution in [3.63, 3.8) is 0 Å². The summed E-state index contributed by atoms with van der Waals surface area (Å²) in [5, 5.41) is 1.26. The van der Waals surface area contributed by atoms with Gasteiger partial charge in [-0.1, -0.05) is 24.6 Å². The summed E-state index contributed by atoms with van der Waals surface area (Å²) in [6.45, 7) is 11.4. The van der Waals surface area contributed by atoms with Crippen LogP contribution in [0, 0.1) is 6.92 Å². The lowest BCUT2D eigenvalue weighted by molar-refractivity contribution is 0.175. The van der Waals surface area contributed by atoms with Crippen molar-refractivity contribution in [3.05, 3.63) is 53.3 Å². The molecule has 0 aliphatic carbocycles. The van der Waals surface area contributed by atoms with Gasteiger partial charge in [-0.3, -0.25) is 9.89 Å². The lowest BCUT2D eigenvalue weighted by Crippen LogP contribution is -2.47. The fourth-order valence-electron chi connectivity index (χ4n) is 3.88. The molecule has 156 valence electrons. The van der Waals surface area contributed by atoms with E-state index < -0.39 is 0 Å². The Morgan fingerprint density at radius 2 is 2.03 bits per heavy atom.